The Morgan fingerprint density at radius 1 is 1.21 bits per heavy atom. The van der Waals surface area contributed by atoms with Gasteiger partial charge in [0.05, 0.1) is 17.0 Å². The van der Waals surface area contributed by atoms with Gasteiger partial charge in [0.2, 0.25) is 0 Å². The number of nitrogens with one attached hydrogen (secondary N) is 3. The Morgan fingerprint density at radius 3 is 2.67 bits per heavy atom. The summed E-state index contributed by atoms with van der Waals surface area (Å²) < 4.78 is 0. The van der Waals surface area contributed by atoms with Crippen LogP contribution in [0.1, 0.15) is 20.8 Å². The van der Waals surface area contributed by atoms with Crippen LogP contribution in [0.2, 0.25) is 0 Å². The smallest absolute Gasteiger partial charge is 0.325 e. The first kappa shape index (κ1) is 15.9. The van der Waals surface area contributed by atoms with E-state index >= 15 is 0 Å². The summed E-state index contributed by atoms with van der Waals surface area (Å²) in [6.45, 7) is 2.00. The highest BCUT2D eigenvalue weighted by Crippen LogP contribution is 2.32. The number of hydrogen-bond acceptors (Lipinski definition) is 4. The van der Waals surface area contributed by atoms with Crippen molar-refractivity contribution >= 4 is 17.2 Å². The van der Waals surface area contributed by atoms with Gasteiger partial charge in [-0.1, -0.05) is 30.3 Å². The number of H-pyrrole nitrogens is 2. The molecule has 7 heteroatoms. The van der Waals surface area contributed by atoms with E-state index in [0.717, 1.165) is 16.0 Å². The summed E-state index contributed by atoms with van der Waals surface area (Å²) in [7, 11) is 0. The lowest BCUT2D eigenvalue weighted by Crippen LogP contribution is -2.30. The summed E-state index contributed by atoms with van der Waals surface area (Å²) >= 11 is 1.41. The highest BCUT2D eigenvalue weighted by Gasteiger charge is 2.14. The van der Waals surface area contributed by atoms with Gasteiger partial charge in [-0.3, -0.25) is 14.6 Å². The number of aromatic amines is 2. The summed E-state index contributed by atoms with van der Waals surface area (Å²) in [5.41, 5.74) is 1.30. The summed E-state index contributed by atoms with van der Waals surface area (Å²) in [4.78, 5) is 41.0. The molecule has 3 N–H and O–H groups in total. The van der Waals surface area contributed by atoms with E-state index in [1.54, 1.807) is 0 Å². The lowest BCUT2D eigenvalue weighted by atomic mass is 10.1. The highest BCUT2D eigenvalue weighted by atomic mass is 32.1. The number of carbonyl (C=O) groups excluding carboxylic acids is 1. The number of aryl methyl sites for hydroxylation is 1. The molecule has 0 bridgehead atoms. The van der Waals surface area contributed by atoms with E-state index in [0.29, 0.717) is 10.4 Å². The number of rotatable bonds is 4. The molecule has 0 aliphatic rings. The van der Waals surface area contributed by atoms with Gasteiger partial charge < -0.3 is 10.3 Å². The quantitative estimate of drug-likeness (QED) is 0.677. The van der Waals surface area contributed by atoms with Crippen molar-refractivity contribution in [3.8, 4) is 10.4 Å². The van der Waals surface area contributed by atoms with Crippen molar-refractivity contribution in [3.63, 3.8) is 0 Å². The standard InChI is InChI=1S/C17H15N3O3S/c1-10-7-13(24-14(10)11-5-3-2-4-6-11)16(22)18-8-12-9-19-17(23)20-15(12)21/h2-7,9H,8H2,1H3,(H,18,22)(H2,19,20,21,23). The van der Waals surface area contributed by atoms with E-state index < -0.39 is 11.2 Å². The van der Waals surface area contributed by atoms with Crippen LogP contribution >= 0.6 is 11.3 Å². The van der Waals surface area contributed by atoms with E-state index in [1.807, 2.05) is 43.3 Å². The molecule has 0 radical (unpaired) electrons. The number of hydrogen-bond donors (Lipinski definition) is 3. The Bertz CT molecular complexity index is 986. The fraction of sp³-hybridized carbons (Fsp3) is 0.118. The van der Waals surface area contributed by atoms with Gasteiger partial charge in [-0.05, 0) is 24.1 Å². The number of amides is 1. The lowest BCUT2D eigenvalue weighted by molar-refractivity contribution is 0.0955. The third-order valence-electron chi connectivity index (χ3n) is 3.51. The first-order valence-corrected chi connectivity index (χ1v) is 8.11. The van der Waals surface area contributed by atoms with E-state index in [-0.39, 0.29) is 12.5 Å². The zero-order chi connectivity index (χ0) is 17.1. The third kappa shape index (κ3) is 3.36. The predicted molar refractivity (Wildman–Crippen MR) is 93.3 cm³/mol. The molecule has 0 fully saturated rings. The predicted octanol–water partition coefficient (Wildman–Crippen LogP) is 2.03. The Hall–Kier alpha value is -2.93. The molecule has 0 saturated heterocycles. The maximum atomic E-state index is 12.3. The molecule has 0 atom stereocenters. The largest absolute Gasteiger partial charge is 0.347 e. The third-order valence-corrected chi connectivity index (χ3v) is 4.80. The zero-order valence-corrected chi connectivity index (χ0v) is 13.7. The first-order valence-electron chi connectivity index (χ1n) is 7.29. The number of benzene rings is 1. The second kappa shape index (κ2) is 6.67. The molecule has 0 aliphatic heterocycles. The Balaban J connectivity index is 1.76. The maximum absolute atomic E-state index is 12.3. The van der Waals surface area contributed by atoms with E-state index in [2.05, 4.69) is 15.3 Å². The Kier molecular flexibility index (Phi) is 4.43. The number of carbonyl (C=O) groups is 1. The van der Waals surface area contributed by atoms with Gasteiger partial charge in [-0.25, -0.2) is 4.79 Å². The van der Waals surface area contributed by atoms with Crippen LogP contribution in [-0.2, 0) is 6.54 Å². The van der Waals surface area contributed by atoms with Gasteiger partial charge in [0, 0.05) is 11.1 Å². The molecule has 1 amide bonds. The second-order valence-electron chi connectivity index (χ2n) is 5.27. The number of thiophene rings is 1. The monoisotopic (exact) mass is 341 g/mol. The van der Waals surface area contributed by atoms with E-state index in [9.17, 15) is 14.4 Å². The summed E-state index contributed by atoms with van der Waals surface area (Å²) in [6.07, 6.45) is 1.30. The molecule has 122 valence electrons. The maximum Gasteiger partial charge on any atom is 0.325 e. The van der Waals surface area contributed by atoms with E-state index in [1.165, 1.54) is 17.5 Å². The normalized spacial score (nSPS) is 10.5. The SMILES string of the molecule is Cc1cc(C(=O)NCc2c[nH]c(=O)[nH]c2=O)sc1-c1ccccc1. The van der Waals surface area contributed by atoms with Gasteiger partial charge in [-0.2, -0.15) is 0 Å². The van der Waals surface area contributed by atoms with Crippen molar-refractivity contribution in [1.29, 1.82) is 0 Å². The molecule has 0 saturated carbocycles. The van der Waals surface area contributed by atoms with E-state index in [4.69, 9.17) is 0 Å². The van der Waals surface area contributed by atoms with Gasteiger partial charge in [0.25, 0.3) is 11.5 Å². The molecule has 0 spiro atoms. The van der Waals surface area contributed by atoms with Crippen LogP contribution in [0.15, 0.2) is 52.2 Å². The lowest BCUT2D eigenvalue weighted by Gasteiger charge is -2.02. The summed E-state index contributed by atoms with van der Waals surface area (Å²) in [5, 5.41) is 2.70. The number of aromatic nitrogens is 2. The molecule has 3 rings (SSSR count). The molecule has 24 heavy (non-hydrogen) atoms. The van der Waals surface area contributed by atoms with Gasteiger partial charge in [0.1, 0.15) is 0 Å². The second-order valence-corrected chi connectivity index (χ2v) is 6.32. The van der Waals surface area contributed by atoms with Crippen LogP contribution in [0.4, 0.5) is 0 Å². The van der Waals surface area contributed by atoms with Crippen LogP contribution in [0.3, 0.4) is 0 Å². The summed E-state index contributed by atoms with van der Waals surface area (Å²) in [6, 6.07) is 11.7. The minimum absolute atomic E-state index is 0.0442. The molecular weight excluding hydrogens is 326 g/mol. The molecule has 0 aliphatic carbocycles. The molecule has 0 unspecified atom stereocenters. The van der Waals surface area contributed by atoms with Crippen LogP contribution < -0.4 is 16.6 Å². The van der Waals surface area contributed by atoms with Crippen LogP contribution in [0, 0.1) is 6.92 Å². The fourth-order valence-corrected chi connectivity index (χ4v) is 3.40. The van der Waals surface area contributed by atoms with Crippen molar-refractivity contribution in [2.24, 2.45) is 0 Å². The zero-order valence-electron chi connectivity index (χ0n) is 12.9. The summed E-state index contributed by atoms with van der Waals surface area (Å²) in [5.74, 6) is -0.254. The highest BCUT2D eigenvalue weighted by molar-refractivity contribution is 7.17. The molecule has 2 aromatic heterocycles. The average Bonchev–Trinajstić information content (AvgIpc) is 2.96. The van der Waals surface area contributed by atoms with Crippen molar-refractivity contribution in [3.05, 3.63) is 79.4 Å². The topological polar surface area (TPSA) is 94.8 Å². The van der Waals surface area contributed by atoms with Crippen LogP contribution in [-0.4, -0.2) is 15.9 Å². The first-order chi connectivity index (χ1) is 11.5. The van der Waals surface area contributed by atoms with Crippen molar-refractivity contribution in [2.75, 3.05) is 0 Å². The average molecular weight is 341 g/mol. The molecule has 3 aromatic rings. The van der Waals surface area contributed by atoms with Crippen molar-refractivity contribution in [1.82, 2.24) is 15.3 Å². The van der Waals surface area contributed by atoms with Gasteiger partial charge in [-0.15, -0.1) is 11.3 Å². The molecule has 2 heterocycles. The molecular formula is C17H15N3O3S. The van der Waals surface area contributed by atoms with Crippen LogP contribution in [0.5, 0.6) is 0 Å². The van der Waals surface area contributed by atoms with Gasteiger partial charge in [0.15, 0.2) is 0 Å². The fourth-order valence-electron chi connectivity index (χ4n) is 2.30. The van der Waals surface area contributed by atoms with Crippen molar-refractivity contribution < 1.29 is 4.79 Å². The van der Waals surface area contributed by atoms with Crippen LogP contribution in [0.25, 0.3) is 10.4 Å². The Labute approximate surface area is 141 Å². The van der Waals surface area contributed by atoms with Crippen molar-refractivity contribution in [2.45, 2.75) is 13.5 Å². The Morgan fingerprint density at radius 2 is 1.96 bits per heavy atom. The molecule has 1 aromatic carbocycles. The minimum Gasteiger partial charge on any atom is -0.347 e. The minimum atomic E-state index is -0.573. The molecule has 6 nitrogen and oxygen atoms in total. The van der Waals surface area contributed by atoms with Gasteiger partial charge >= 0.3 is 5.69 Å².